The third kappa shape index (κ3) is 1.95. The zero-order chi connectivity index (χ0) is 12.4. The molecule has 0 fully saturated rings. The van der Waals surface area contributed by atoms with Crippen LogP contribution in [0, 0.1) is 5.82 Å². The van der Waals surface area contributed by atoms with Crippen molar-refractivity contribution in [1.29, 1.82) is 0 Å². The van der Waals surface area contributed by atoms with E-state index in [9.17, 15) is 9.18 Å². The molecular weight excluding hydrogens is 225 g/mol. The molecule has 1 aromatic heterocycles. The number of benzene rings is 1. The minimum Gasteiger partial charge on any atom is -0.496 e. The number of aromatic amines is 1. The fraction of sp³-hybridized carbons (Fsp3) is 0.250. The highest BCUT2D eigenvalue weighted by Crippen LogP contribution is 2.28. The Bertz CT molecular complexity index is 562. The summed E-state index contributed by atoms with van der Waals surface area (Å²) in [5.41, 5.74) is 0.456. The van der Waals surface area contributed by atoms with Crippen LogP contribution in [0.3, 0.4) is 0 Å². The van der Waals surface area contributed by atoms with E-state index in [-0.39, 0.29) is 17.8 Å². The number of carbonyl (C=O) groups excluding carboxylic acids is 1. The zero-order valence-corrected chi connectivity index (χ0v) is 9.54. The lowest BCUT2D eigenvalue weighted by molar-refractivity contribution is 0.0520. The maximum atomic E-state index is 13.5. The van der Waals surface area contributed by atoms with Crippen molar-refractivity contribution in [2.24, 2.45) is 0 Å². The van der Waals surface area contributed by atoms with Crippen LogP contribution in [0.1, 0.15) is 17.4 Å². The van der Waals surface area contributed by atoms with Gasteiger partial charge in [-0.2, -0.15) is 0 Å². The molecule has 0 aliphatic heterocycles. The van der Waals surface area contributed by atoms with Crippen molar-refractivity contribution in [3.8, 4) is 5.75 Å². The summed E-state index contributed by atoms with van der Waals surface area (Å²) in [5.74, 6) is -0.435. The second-order valence-corrected chi connectivity index (χ2v) is 3.44. The second kappa shape index (κ2) is 4.45. The van der Waals surface area contributed by atoms with Crippen molar-refractivity contribution in [1.82, 2.24) is 4.98 Å². The molecule has 0 saturated heterocycles. The Morgan fingerprint density at radius 2 is 2.24 bits per heavy atom. The van der Waals surface area contributed by atoms with Gasteiger partial charge in [-0.25, -0.2) is 9.18 Å². The van der Waals surface area contributed by atoms with Gasteiger partial charge in [0.05, 0.1) is 19.2 Å². The summed E-state index contributed by atoms with van der Waals surface area (Å²) in [6, 6.07) is 4.32. The molecule has 0 saturated carbocycles. The number of H-pyrrole nitrogens is 1. The van der Waals surface area contributed by atoms with E-state index in [1.165, 1.54) is 25.3 Å². The third-order valence-electron chi connectivity index (χ3n) is 2.42. The molecule has 0 atom stereocenters. The van der Waals surface area contributed by atoms with Crippen LogP contribution in [0.5, 0.6) is 5.75 Å². The Hall–Kier alpha value is -2.04. The molecule has 2 rings (SSSR count). The Kier molecular flexibility index (Phi) is 2.99. The van der Waals surface area contributed by atoms with E-state index in [1.807, 2.05) is 0 Å². The molecule has 17 heavy (non-hydrogen) atoms. The molecule has 0 spiro atoms. The van der Waals surface area contributed by atoms with Crippen LogP contribution in [0.2, 0.25) is 0 Å². The van der Waals surface area contributed by atoms with Crippen LogP contribution in [0.15, 0.2) is 18.2 Å². The van der Waals surface area contributed by atoms with Crippen molar-refractivity contribution in [2.45, 2.75) is 6.92 Å². The van der Waals surface area contributed by atoms with Gasteiger partial charge in [-0.3, -0.25) is 0 Å². The van der Waals surface area contributed by atoms with Crippen molar-refractivity contribution in [2.75, 3.05) is 13.7 Å². The Balaban J connectivity index is 2.56. The minimum atomic E-state index is -0.509. The van der Waals surface area contributed by atoms with Crippen LogP contribution in [0.4, 0.5) is 4.39 Å². The van der Waals surface area contributed by atoms with Crippen LogP contribution in [-0.4, -0.2) is 24.7 Å². The number of halogens is 1. The van der Waals surface area contributed by atoms with E-state index in [0.29, 0.717) is 11.1 Å². The molecular formula is C12H12FNO3. The quantitative estimate of drug-likeness (QED) is 0.834. The first-order chi connectivity index (χ1) is 8.17. The SMILES string of the molecule is CCOC(=O)c1cc2c(OC)ccc(F)c2[nH]1. The molecule has 0 aliphatic rings. The van der Waals surface area contributed by atoms with Gasteiger partial charge < -0.3 is 14.5 Å². The molecule has 1 heterocycles. The molecule has 4 nitrogen and oxygen atoms in total. The summed E-state index contributed by atoms with van der Waals surface area (Å²) in [6.07, 6.45) is 0. The summed E-state index contributed by atoms with van der Waals surface area (Å²) < 4.78 is 23.5. The van der Waals surface area contributed by atoms with Crippen molar-refractivity contribution in [3.63, 3.8) is 0 Å². The van der Waals surface area contributed by atoms with Gasteiger partial charge >= 0.3 is 5.97 Å². The van der Waals surface area contributed by atoms with Gasteiger partial charge in [-0.1, -0.05) is 0 Å². The predicted molar refractivity (Wildman–Crippen MR) is 60.8 cm³/mol. The number of ether oxygens (including phenoxy) is 2. The van der Waals surface area contributed by atoms with Crippen LogP contribution in [-0.2, 0) is 4.74 Å². The van der Waals surface area contributed by atoms with Gasteiger partial charge in [0, 0.05) is 5.39 Å². The first-order valence-corrected chi connectivity index (χ1v) is 5.19. The highest BCUT2D eigenvalue weighted by atomic mass is 19.1. The van der Waals surface area contributed by atoms with Gasteiger partial charge in [0.1, 0.15) is 17.3 Å². The number of methoxy groups -OCH3 is 1. The first-order valence-electron chi connectivity index (χ1n) is 5.19. The van der Waals surface area contributed by atoms with E-state index in [0.717, 1.165) is 0 Å². The summed E-state index contributed by atoms with van der Waals surface area (Å²) in [4.78, 5) is 14.2. The highest BCUT2D eigenvalue weighted by molar-refractivity contribution is 5.97. The second-order valence-electron chi connectivity index (χ2n) is 3.44. The number of hydrogen-bond acceptors (Lipinski definition) is 3. The summed E-state index contributed by atoms with van der Waals surface area (Å²) in [5, 5.41) is 0.524. The lowest BCUT2D eigenvalue weighted by Gasteiger charge is -2.00. The first kappa shape index (κ1) is 11.4. The van der Waals surface area contributed by atoms with E-state index in [2.05, 4.69) is 4.98 Å². The standard InChI is InChI=1S/C12H12FNO3/c1-3-17-12(15)9-6-7-10(16-2)5-4-8(13)11(7)14-9/h4-6,14H,3H2,1-2H3. The van der Waals surface area contributed by atoms with Crippen molar-refractivity contribution in [3.05, 3.63) is 29.7 Å². The normalized spacial score (nSPS) is 10.5. The Morgan fingerprint density at radius 1 is 1.47 bits per heavy atom. The van der Waals surface area contributed by atoms with Crippen molar-refractivity contribution < 1.29 is 18.7 Å². The topological polar surface area (TPSA) is 51.3 Å². The molecule has 5 heteroatoms. The van der Waals surface area contributed by atoms with E-state index in [4.69, 9.17) is 9.47 Å². The molecule has 0 amide bonds. The van der Waals surface area contributed by atoms with E-state index in [1.54, 1.807) is 6.92 Å². The minimum absolute atomic E-state index is 0.213. The number of nitrogens with one attached hydrogen (secondary N) is 1. The number of rotatable bonds is 3. The summed E-state index contributed by atoms with van der Waals surface area (Å²) in [6.45, 7) is 1.98. The number of fused-ring (bicyclic) bond motifs is 1. The number of carbonyl (C=O) groups is 1. The Labute approximate surface area is 97.3 Å². The average Bonchev–Trinajstić information content (AvgIpc) is 2.76. The van der Waals surface area contributed by atoms with Gasteiger partial charge in [0.2, 0.25) is 0 Å². The smallest absolute Gasteiger partial charge is 0.354 e. The maximum absolute atomic E-state index is 13.5. The van der Waals surface area contributed by atoms with E-state index < -0.39 is 11.8 Å². The molecule has 0 bridgehead atoms. The summed E-state index contributed by atoms with van der Waals surface area (Å²) >= 11 is 0. The number of hydrogen-bond donors (Lipinski definition) is 1. The van der Waals surface area contributed by atoms with Gasteiger partial charge in [0.15, 0.2) is 0 Å². The van der Waals surface area contributed by atoms with Crippen LogP contribution in [0.25, 0.3) is 10.9 Å². The highest BCUT2D eigenvalue weighted by Gasteiger charge is 2.15. The zero-order valence-electron chi connectivity index (χ0n) is 9.54. The number of esters is 1. The molecule has 0 radical (unpaired) electrons. The lowest BCUT2D eigenvalue weighted by Crippen LogP contribution is -2.04. The number of aromatic nitrogens is 1. The maximum Gasteiger partial charge on any atom is 0.354 e. The van der Waals surface area contributed by atoms with Crippen molar-refractivity contribution >= 4 is 16.9 Å². The largest absolute Gasteiger partial charge is 0.496 e. The van der Waals surface area contributed by atoms with Gasteiger partial charge in [-0.05, 0) is 25.1 Å². The molecule has 2 aromatic rings. The van der Waals surface area contributed by atoms with Crippen LogP contribution >= 0.6 is 0 Å². The predicted octanol–water partition coefficient (Wildman–Crippen LogP) is 2.49. The Morgan fingerprint density at radius 3 is 2.88 bits per heavy atom. The molecule has 1 N–H and O–H groups in total. The average molecular weight is 237 g/mol. The third-order valence-corrected chi connectivity index (χ3v) is 2.42. The van der Waals surface area contributed by atoms with E-state index >= 15 is 0 Å². The lowest BCUT2D eigenvalue weighted by atomic mass is 10.2. The summed E-state index contributed by atoms with van der Waals surface area (Å²) in [7, 11) is 1.49. The fourth-order valence-electron chi connectivity index (χ4n) is 1.66. The van der Waals surface area contributed by atoms with Gasteiger partial charge in [0.25, 0.3) is 0 Å². The molecule has 1 aromatic carbocycles. The fourth-order valence-corrected chi connectivity index (χ4v) is 1.66. The molecule has 0 aliphatic carbocycles. The molecule has 90 valence electrons. The monoisotopic (exact) mass is 237 g/mol. The van der Waals surface area contributed by atoms with Crippen LogP contribution < -0.4 is 4.74 Å². The molecule has 0 unspecified atom stereocenters. The van der Waals surface area contributed by atoms with Gasteiger partial charge in [-0.15, -0.1) is 0 Å².